The number of hydrogen-bond acceptors (Lipinski definition) is 3. The summed E-state index contributed by atoms with van der Waals surface area (Å²) >= 11 is 3.52. The van der Waals surface area contributed by atoms with E-state index < -0.39 is 0 Å². The summed E-state index contributed by atoms with van der Waals surface area (Å²) in [4.78, 5) is 2.61. The van der Waals surface area contributed by atoms with E-state index in [2.05, 4.69) is 86.5 Å². The summed E-state index contributed by atoms with van der Waals surface area (Å²) < 4.78 is 1.08. The highest BCUT2D eigenvalue weighted by Crippen LogP contribution is 2.46. The molecule has 1 fully saturated rings. The molecular formula is C24H22BrN3. The first-order chi connectivity index (χ1) is 13.8. The van der Waals surface area contributed by atoms with Gasteiger partial charge in [-0.15, -0.1) is 0 Å². The van der Waals surface area contributed by atoms with Gasteiger partial charge in [-0.05, 0) is 39.9 Å². The van der Waals surface area contributed by atoms with Crippen molar-refractivity contribution < 1.29 is 0 Å². The molecule has 1 saturated heterocycles. The molecule has 140 valence electrons. The quantitative estimate of drug-likeness (QED) is 0.532. The van der Waals surface area contributed by atoms with Crippen molar-refractivity contribution in [1.29, 1.82) is 0 Å². The third-order valence-corrected chi connectivity index (χ3v) is 6.17. The molecule has 0 unspecified atom stereocenters. The molecule has 3 nitrogen and oxygen atoms in total. The van der Waals surface area contributed by atoms with Crippen LogP contribution in [0.5, 0.6) is 0 Å². The van der Waals surface area contributed by atoms with Gasteiger partial charge >= 0.3 is 0 Å². The summed E-state index contributed by atoms with van der Waals surface area (Å²) in [6, 6.07) is 26.3. The standard InChI is InChI=1S/C24H22BrN3/c25-19-7-5-6-18(16-19)17-26-28-14-12-27(13-15-28)24-22-10-3-1-8-20(22)21-9-2-4-11-23(21)24/h1-11,16-17,24H,12-15H2. The Morgan fingerprint density at radius 2 is 1.43 bits per heavy atom. The summed E-state index contributed by atoms with van der Waals surface area (Å²) in [6.07, 6.45) is 1.96. The van der Waals surface area contributed by atoms with Crippen molar-refractivity contribution in [1.82, 2.24) is 9.91 Å². The zero-order chi connectivity index (χ0) is 18.9. The van der Waals surface area contributed by atoms with E-state index in [1.54, 1.807) is 0 Å². The first kappa shape index (κ1) is 17.7. The van der Waals surface area contributed by atoms with Crippen LogP contribution in [0.15, 0.2) is 82.4 Å². The predicted molar refractivity (Wildman–Crippen MR) is 119 cm³/mol. The van der Waals surface area contributed by atoms with Crippen LogP contribution in [0, 0.1) is 0 Å². The van der Waals surface area contributed by atoms with Crippen LogP contribution < -0.4 is 0 Å². The van der Waals surface area contributed by atoms with Crippen molar-refractivity contribution in [2.75, 3.05) is 26.2 Å². The Balaban J connectivity index is 1.32. The summed E-state index contributed by atoms with van der Waals surface area (Å²) in [5.41, 5.74) is 6.77. The molecule has 0 amide bonds. The largest absolute Gasteiger partial charge is 0.294 e. The lowest BCUT2D eigenvalue weighted by atomic mass is 10.0. The van der Waals surface area contributed by atoms with Gasteiger partial charge in [-0.1, -0.05) is 76.6 Å². The number of hydrogen-bond donors (Lipinski definition) is 0. The smallest absolute Gasteiger partial charge is 0.0615 e. The Morgan fingerprint density at radius 1 is 0.786 bits per heavy atom. The van der Waals surface area contributed by atoms with Crippen LogP contribution in [-0.4, -0.2) is 42.3 Å². The maximum absolute atomic E-state index is 4.71. The maximum atomic E-state index is 4.71. The van der Waals surface area contributed by atoms with Crippen LogP contribution >= 0.6 is 15.9 Å². The van der Waals surface area contributed by atoms with Crippen LogP contribution in [0.2, 0.25) is 0 Å². The van der Waals surface area contributed by atoms with E-state index in [1.807, 2.05) is 18.3 Å². The third kappa shape index (κ3) is 3.27. The Bertz CT molecular complexity index is 976. The van der Waals surface area contributed by atoms with E-state index in [-0.39, 0.29) is 0 Å². The van der Waals surface area contributed by atoms with Gasteiger partial charge in [-0.3, -0.25) is 9.91 Å². The first-order valence-electron chi connectivity index (χ1n) is 9.76. The summed E-state index contributed by atoms with van der Waals surface area (Å²) in [6.45, 7) is 3.93. The fourth-order valence-electron chi connectivity index (χ4n) is 4.34. The van der Waals surface area contributed by atoms with E-state index in [4.69, 9.17) is 5.10 Å². The van der Waals surface area contributed by atoms with Gasteiger partial charge in [0.05, 0.1) is 12.3 Å². The highest BCUT2D eigenvalue weighted by molar-refractivity contribution is 9.10. The fourth-order valence-corrected chi connectivity index (χ4v) is 4.76. The van der Waals surface area contributed by atoms with Crippen molar-refractivity contribution in [3.63, 3.8) is 0 Å². The SMILES string of the molecule is Brc1cccc(C=NN2CCN(C3c4ccccc4-c4ccccc43)CC2)c1. The van der Waals surface area contributed by atoms with Gasteiger partial charge < -0.3 is 0 Å². The van der Waals surface area contributed by atoms with E-state index in [1.165, 1.54) is 22.3 Å². The minimum absolute atomic E-state index is 0.364. The second-order valence-corrected chi connectivity index (χ2v) is 8.28. The predicted octanol–water partition coefficient (Wildman–Crippen LogP) is 5.17. The van der Waals surface area contributed by atoms with Gasteiger partial charge in [0, 0.05) is 30.7 Å². The highest BCUT2D eigenvalue weighted by atomic mass is 79.9. The number of hydrazone groups is 1. The molecule has 0 N–H and O–H groups in total. The van der Waals surface area contributed by atoms with Crippen LogP contribution in [0.4, 0.5) is 0 Å². The lowest BCUT2D eigenvalue weighted by Crippen LogP contribution is -2.45. The van der Waals surface area contributed by atoms with Crippen molar-refractivity contribution in [2.45, 2.75) is 6.04 Å². The van der Waals surface area contributed by atoms with Gasteiger partial charge in [0.1, 0.15) is 0 Å². The number of fused-ring (bicyclic) bond motifs is 3. The number of nitrogens with zero attached hydrogens (tertiary/aromatic N) is 3. The molecule has 5 rings (SSSR count). The Kier molecular flexibility index (Phi) is 4.75. The van der Waals surface area contributed by atoms with Gasteiger partial charge in [-0.2, -0.15) is 5.10 Å². The monoisotopic (exact) mass is 431 g/mol. The number of benzene rings is 3. The normalized spacial score (nSPS) is 17.1. The van der Waals surface area contributed by atoms with Crippen LogP contribution in [0.3, 0.4) is 0 Å². The van der Waals surface area contributed by atoms with Crippen molar-refractivity contribution in [2.24, 2.45) is 5.10 Å². The van der Waals surface area contributed by atoms with Crippen LogP contribution in [0.25, 0.3) is 11.1 Å². The molecule has 1 aliphatic carbocycles. The molecule has 0 radical (unpaired) electrons. The molecule has 0 bridgehead atoms. The molecular weight excluding hydrogens is 410 g/mol. The average Bonchev–Trinajstić information content (AvgIpc) is 3.07. The van der Waals surface area contributed by atoms with Crippen molar-refractivity contribution in [3.05, 3.63) is 94.0 Å². The van der Waals surface area contributed by atoms with Crippen molar-refractivity contribution >= 4 is 22.1 Å². The highest BCUT2D eigenvalue weighted by Gasteiger charge is 2.33. The third-order valence-electron chi connectivity index (χ3n) is 5.68. The molecule has 3 aromatic rings. The number of rotatable bonds is 3. The lowest BCUT2D eigenvalue weighted by Gasteiger charge is -2.37. The Labute approximate surface area is 174 Å². The van der Waals surface area contributed by atoms with Crippen molar-refractivity contribution in [3.8, 4) is 11.1 Å². The second kappa shape index (κ2) is 7.53. The van der Waals surface area contributed by atoms with E-state index in [0.717, 1.165) is 36.2 Å². The van der Waals surface area contributed by atoms with E-state index in [0.29, 0.717) is 6.04 Å². The Hall–Kier alpha value is -2.43. The summed E-state index contributed by atoms with van der Waals surface area (Å²) in [5.74, 6) is 0. The van der Waals surface area contributed by atoms with Gasteiger partial charge in [0.15, 0.2) is 0 Å². The molecule has 2 aliphatic rings. The van der Waals surface area contributed by atoms with Gasteiger partial charge in [0.2, 0.25) is 0 Å². The molecule has 4 heteroatoms. The van der Waals surface area contributed by atoms with E-state index in [9.17, 15) is 0 Å². The molecule has 0 spiro atoms. The maximum Gasteiger partial charge on any atom is 0.0615 e. The molecule has 0 aromatic heterocycles. The molecule has 0 saturated carbocycles. The zero-order valence-corrected chi connectivity index (χ0v) is 17.2. The topological polar surface area (TPSA) is 18.8 Å². The van der Waals surface area contributed by atoms with Crippen LogP contribution in [-0.2, 0) is 0 Å². The fraction of sp³-hybridized carbons (Fsp3) is 0.208. The molecule has 0 atom stereocenters. The molecule has 28 heavy (non-hydrogen) atoms. The first-order valence-corrected chi connectivity index (χ1v) is 10.6. The van der Waals surface area contributed by atoms with Crippen LogP contribution in [0.1, 0.15) is 22.7 Å². The molecule has 1 aliphatic heterocycles. The second-order valence-electron chi connectivity index (χ2n) is 7.37. The minimum Gasteiger partial charge on any atom is -0.294 e. The zero-order valence-electron chi connectivity index (χ0n) is 15.6. The summed E-state index contributed by atoms with van der Waals surface area (Å²) in [7, 11) is 0. The number of piperazine rings is 1. The lowest BCUT2D eigenvalue weighted by molar-refractivity contribution is 0.114. The van der Waals surface area contributed by atoms with E-state index >= 15 is 0 Å². The summed E-state index contributed by atoms with van der Waals surface area (Å²) in [5, 5.41) is 6.89. The molecule has 3 aromatic carbocycles. The minimum atomic E-state index is 0.364. The Morgan fingerprint density at radius 3 is 2.07 bits per heavy atom. The molecule has 1 heterocycles. The number of halogens is 1. The average molecular weight is 432 g/mol. The van der Waals surface area contributed by atoms with Gasteiger partial charge in [0.25, 0.3) is 0 Å². The van der Waals surface area contributed by atoms with Gasteiger partial charge in [-0.25, -0.2) is 0 Å².